The molecule has 6 nitrogen and oxygen atoms in total. The summed E-state index contributed by atoms with van der Waals surface area (Å²) in [6.45, 7) is 0. The summed E-state index contributed by atoms with van der Waals surface area (Å²) >= 11 is 6.41. The summed E-state index contributed by atoms with van der Waals surface area (Å²) in [5.41, 5.74) is 1.34. The van der Waals surface area contributed by atoms with Crippen LogP contribution < -0.4 is 9.47 Å². The van der Waals surface area contributed by atoms with Gasteiger partial charge in [-0.05, 0) is 43.9 Å². The molecule has 7 heteroatoms. The number of rotatable bonds is 5. The molecule has 2 aromatic rings. The molecule has 24 heavy (non-hydrogen) atoms. The number of halogens is 1. The molecule has 1 aliphatic carbocycles. The molecular formula is C17H19ClN2O4. The van der Waals surface area contributed by atoms with Gasteiger partial charge in [0.05, 0.1) is 23.9 Å². The van der Waals surface area contributed by atoms with Crippen LogP contribution in [0.4, 0.5) is 0 Å². The number of aryl methyl sites for hydroxylation is 1. The fraction of sp³-hybridized carbons (Fsp3) is 0.412. The quantitative estimate of drug-likeness (QED) is 0.888. The van der Waals surface area contributed by atoms with Crippen LogP contribution in [-0.2, 0) is 7.05 Å². The summed E-state index contributed by atoms with van der Waals surface area (Å²) in [4.78, 5) is 11.1. The number of carboxylic acids is 1. The summed E-state index contributed by atoms with van der Waals surface area (Å²) < 4.78 is 13.0. The molecule has 0 unspecified atom stereocenters. The molecule has 0 aliphatic heterocycles. The van der Waals surface area contributed by atoms with Crippen LogP contribution >= 0.6 is 11.6 Å². The molecule has 1 aromatic carbocycles. The first-order valence-electron chi connectivity index (χ1n) is 7.81. The Hall–Kier alpha value is -2.21. The molecule has 1 heterocycles. The van der Waals surface area contributed by atoms with E-state index in [0.29, 0.717) is 22.2 Å². The van der Waals surface area contributed by atoms with Crippen molar-refractivity contribution in [2.75, 3.05) is 7.11 Å². The lowest BCUT2D eigenvalue weighted by atomic mass is 10.1. The molecule has 1 fully saturated rings. The van der Waals surface area contributed by atoms with Crippen molar-refractivity contribution in [1.82, 2.24) is 9.78 Å². The predicted molar refractivity (Wildman–Crippen MR) is 90.0 cm³/mol. The van der Waals surface area contributed by atoms with E-state index in [0.717, 1.165) is 31.2 Å². The predicted octanol–water partition coefficient (Wildman–Crippen LogP) is 3.77. The minimum atomic E-state index is -1.07. The second kappa shape index (κ2) is 6.73. The second-order valence-electron chi connectivity index (χ2n) is 5.86. The Kier molecular flexibility index (Phi) is 4.66. The summed E-state index contributed by atoms with van der Waals surface area (Å²) in [6, 6.07) is 5.04. The van der Waals surface area contributed by atoms with Crippen molar-refractivity contribution in [1.29, 1.82) is 0 Å². The van der Waals surface area contributed by atoms with Gasteiger partial charge >= 0.3 is 5.97 Å². The minimum absolute atomic E-state index is 0.0196. The normalized spacial score (nSPS) is 14.8. The summed E-state index contributed by atoms with van der Waals surface area (Å²) in [6.07, 6.45) is 4.53. The minimum Gasteiger partial charge on any atom is -0.493 e. The third-order valence-electron chi connectivity index (χ3n) is 4.21. The van der Waals surface area contributed by atoms with Crippen LogP contribution in [0.1, 0.15) is 36.2 Å². The standard InChI is InChI=1S/C17H19ClN2O4/c1-20-14(9-13(19-20)17(21)22)10-7-12(18)16(15(8-10)23-2)24-11-5-3-4-6-11/h7-9,11H,3-6H2,1-2H3,(H,21,22). The van der Waals surface area contributed by atoms with Crippen LogP contribution in [0.25, 0.3) is 11.3 Å². The Labute approximate surface area is 144 Å². The average Bonchev–Trinajstić information content (AvgIpc) is 3.18. The number of carbonyl (C=O) groups is 1. The van der Waals surface area contributed by atoms with Crippen molar-refractivity contribution < 1.29 is 19.4 Å². The topological polar surface area (TPSA) is 73.6 Å². The summed E-state index contributed by atoms with van der Waals surface area (Å²) in [7, 11) is 3.24. The molecule has 0 atom stereocenters. The number of ether oxygens (including phenoxy) is 2. The molecule has 0 saturated heterocycles. The van der Waals surface area contributed by atoms with Crippen molar-refractivity contribution in [2.45, 2.75) is 31.8 Å². The number of nitrogens with zero attached hydrogens (tertiary/aromatic N) is 2. The maximum Gasteiger partial charge on any atom is 0.356 e. The van der Waals surface area contributed by atoms with E-state index in [1.165, 1.54) is 10.7 Å². The van der Waals surface area contributed by atoms with Crippen LogP contribution in [-0.4, -0.2) is 34.1 Å². The van der Waals surface area contributed by atoms with Crippen LogP contribution in [0.3, 0.4) is 0 Å². The maximum atomic E-state index is 11.1. The van der Waals surface area contributed by atoms with Gasteiger partial charge in [-0.3, -0.25) is 4.68 Å². The van der Waals surface area contributed by atoms with E-state index in [1.807, 2.05) is 0 Å². The highest BCUT2D eigenvalue weighted by molar-refractivity contribution is 6.32. The molecule has 1 N–H and O–H groups in total. The highest BCUT2D eigenvalue weighted by atomic mass is 35.5. The van der Waals surface area contributed by atoms with Gasteiger partial charge in [0, 0.05) is 12.6 Å². The average molecular weight is 351 g/mol. The first-order chi connectivity index (χ1) is 11.5. The molecule has 1 saturated carbocycles. The maximum absolute atomic E-state index is 11.1. The molecule has 128 valence electrons. The Morgan fingerprint density at radius 2 is 2.04 bits per heavy atom. The molecule has 3 rings (SSSR count). The van der Waals surface area contributed by atoms with Crippen LogP contribution in [0, 0.1) is 0 Å². The molecular weight excluding hydrogens is 332 g/mol. The van der Waals surface area contributed by atoms with E-state index in [4.69, 9.17) is 26.2 Å². The zero-order valence-corrected chi connectivity index (χ0v) is 14.3. The first-order valence-corrected chi connectivity index (χ1v) is 8.19. The number of carboxylic acid groups (broad SMARTS) is 1. The summed E-state index contributed by atoms with van der Waals surface area (Å²) in [5, 5.41) is 13.5. The fourth-order valence-electron chi connectivity index (χ4n) is 3.00. The van der Waals surface area contributed by atoms with Crippen molar-refractivity contribution in [2.24, 2.45) is 7.05 Å². The first kappa shape index (κ1) is 16.6. The number of benzene rings is 1. The van der Waals surface area contributed by atoms with E-state index in [1.54, 1.807) is 26.3 Å². The van der Waals surface area contributed by atoms with Gasteiger partial charge in [0.15, 0.2) is 17.2 Å². The fourth-order valence-corrected chi connectivity index (χ4v) is 3.25. The van der Waals surface area contributed by atoms with Gasteiger partial charge in [-0.25, -0.2) is 4.79 Å². The second-order valence-corrected chi connectivity index (χ2v) is 6.26. The molecule has 1 aliphatic rings. The smallest absolute Gasteiger partial charge is 0.356 e. The van der Waals surface area contributed by atoms with Crippen molar-refractivity contribution in [3.05, 3.63) is 28.9 Å². The van der Waals surface area contributed by atoms with E-state index >= 15 is 0 Å². The Morgan fingerprint density at radius 1 is 1.33 bits per heavy atom. The van der Waals surface area contributed by atoms with Crippen molar-refractivity contribution >= 4 is 17.6 Å². The molecule has 1 aromatic heterocycles. The van der Waals surface area contributed by atoms with Gasteiger partial charge in [0.25, 0.3) is 0 Å². The van der Waals surface area contributed by atoms with Gasteiger partial charge in [-0.2, -0.15) is 5.10 Å². The molecule has 0 bridgehead atoms. The number of aromatic carboxylic acids is 1. The highest BCUT2D eigenvalue weighted by Crippen LogP contribution is 2.41. The van der Waals surface area contributed by atoms with Crippen LogP contribution in [0.15, 0.2) is 18.2 Å². The molecule has 0 spiro atoms. The number of hydrogen-bond donors (Lipinski definition) is 1. The zero-order valence-electron chi connectivity index (χ0n) is 13.6. The lowest BCUT2D eigenvalue weighted by Crippen LogP contribution is -2.12. The van der Waals surface area contributed by atoms with E-state index < -0.39 is 5.97 Å². The van der Waals surface area contributed by atoms with E-state index in [9.17, 15) is 4.79 Å². The summed E-state index contributed by atoms with van der Waals surface area (Å²) in [5.74, 6) is -0.00554. The van der Waals surface area contributed by atoms with Gasteiger partial charge in [-0.1, -0.05) is 11.6 Å². The third kappa shape index (κ3) is 3.19. The molecule has 0 radical (unpaired) electrons. The zero-order chi connectivity index (χ0) is 17.3. The largest absolute Gasteiger partial charge is 0.493 e. The number of methoxy groups -OCH3 is 1. The van der Waals surface area contributed by atoms with Gasteiger partial charge in [0.2, 0.25) is 0 Å². The Morgan fingerprint density at radius 3 is 2.62 bits per heavy atom. The van der Waals surface area contributed by atoms with Gasteiger partial charge < -0.3 is 14.6 Å². The highest BCUT2D eigenvalue weighted by Gasteiger charge is 2.22. The van der Waals surface area contributed by atoms with Gasteiger partial charge in [-0.15, -0.1) is 0 Å². The Bertz CT molecular complexity index is 766. The number of hydrogen-bond acceptors (Lipinski definition) is 4. The SMILES string of the molecule is COc1cc(-c2cc(C(=O)O)nn2C)cc(Cl)c1OC1CCCC1. The monoisotopic (exact) mass is 350 g/mol. The van der Waals surface area contributed by atoms with Crippen molar-refractivity contribution in [3.8, 4) is 22.8 Å². The lowest BCUT2D eigenvalue weighted by Gasteiger charge is -2.18. The van der Waals surface area contributed by atoms with E-state index in [-0.39, 0.29) is 11.8 Å². The van der Waals surface area contributed by atoms with Gasteiger partial charge in [0.1, 0.15) is 0 Å². The lowest BCUT2D eigenvalue weighted by molar-refractivity contribution is 0.0689. The molecule has 0 amide bonds. The van der Waals surface area contributed by atoms with Crippen molar-refractivity contribution in [3.63, 3.8) is 0 Å². The number of aromatic nitrogens is 2. The van der Waals surface area contributed by atoms with Crippen LogP contribution in [0.5, 0.6) is 11.5 Å². The Balaban J connectivity index is 1.98. The third-order valence-corrected chi connectivity index (χ3v) is 4.49. The van der Waals surface area contributed by atoms with Crippen LogP contribution in [0.2, 0.25) is 5.02 Å². The van der Waals surface area contributed by atoms with E-state index in [2.05, 4.69) is 5.10 Å².